The Hall–Kier alpha value is -0.910. The van der Waals surface area contributed by atoms with Crippen molar-refractivity contribution in [1.82, 2.24) is 5.32 Å². The lowest BCUT2D eigenvalue weighted by Crippen LogP contribution is -2.17. The Labute approximate surface area is 117 Å². The first-order valence-electron chi connectivity index (χ1n) is 4.82. The molecule has 86 valence electrons. The van der Waals surface area contributed by atoms with E-state index in [1.54, 1.807) is 6.08 Å². The molecule has 2 rings (SSSR count). The van der Waals surface area contributed by atoms with Crippen molar-refractivity contribution in [3.8, 4) is 0 Å². The summed E-state index contributed by atoms with van der Waals surface area (Å²) in [7, 11) is 0. The van der Waals surface area contributed by atoms with E-state index < -0.39 is 0 Å². The fraction of sp³-hybridized carbons (Fsp3) is 0. The minimum atomic E-state index is -0.125. The van der Waals surface area contributed by atoms with Crippen molar-refractivity contribution < 1.29 is 4.79 Å². The molecule has 0 radical (unpaired) electrons. The molecule has 1 amide bonds. The Morgan fingerprint density at radius 3 is 2.59 bits per heavy atom. The third kappa shape index (κ3) is 3.52. The largest absolute Gasteiger partial charge is 0.307 e. The lowest BCUT2D eigenvalue weighted by molar-refractivity contribution is -0.115. The molecule has 0 saturated carbocycles. The fourth-order valence-electron chi connectivity index (χ4n) is 1.26. The van der Waals surface area contributed by atoms with E-state index in [0.717, 1.165) is 10.0 Å². The molecule has 1 aliphatic rings. The molecule has 0 aromatic heterocycles. The van der Waals surface area contributed by atoms with E-state index in [1.165, 1.54) is 11.8 Å². The zero-order valence-electron chi connectivity index (χ0n) is 8.64. The van der Waals surface area contributed by atoms with Crippen molar-refractivity contribution in [1.29, 1.82) is 0 Å². The van der Waals surface area contributed by atoms with Crippen LogP contribution >= 0.6 is 39.9 Å². The standard InChI is InChI=1S/C12H8BrNOS2/c13-9-6-4-8(5-7-9)2-1-3-10-11(15)14-12(16)17-10/h1-7H,(H,14,15,16)/b2-1+,10-3+. The molecule has 1 aliphatic heterocycles. The SMILES string of the molecule is O=C1NC(=S)S/C1=C/C=C/c1ccc(Br)cc1. The van der Waals surface area contributed by atoms with Crippen LogP contribution in [0.15, 0.2) is 45.8 Å². The summed E-state index contributed by atoms with van der Waals surface area (Å²) in [6, 6.07) is 7.93. The average Bonchev–Trinajstić information content (AvgIpc) is 2.60. The minimum absolute atomic E-state index is 0.125. The number of allylic oxidation sites excluding steroid dienone is 2. The van der Waals surface area contributed by atoms with Crippen LogP contribution in [0.25, 0.3) is 6.08 Å². The van der Waals surface area contributed by atoms with Crippen LogP contribution in [0.2, 0.25) is 0 Å². The van der Waals surface area contributed by atoms with Gasteiger partial charge in [0.2, 0.25) is 0 Å². The van der Waals surface area contributed by atoms with Crippen LogP contribution in [0.1, 0.15) is 5.56 Å². The molecular formula is C12H8BrNOS2. The van der Waals surface area contributed by atoms with Gasteiger partial charge in [0.15, 0.2) is 0 Å². The van der Waals surface area contributed by atoms with Crippen molar-refractivity contribution in [2.45, 2.75) is 0 Å². The molecule has 0 unspecified atom stereocenters. The molecular weight excluding hydrogens is 318 g/mol. The Bertz CT molecular complexity index is 520. The number of carbonyl (C=O) groups is 1. The first-order chi connectivity index (χ1) is 8.15. The molecule has 2 nitrogen and oxygen atoms in total. The molecule has 1 fully saturated rings. The Morgan fingerprint density at radius 1 is 1.29 bits per heavy atom. The normalized spacial score (nSPS) is 18.1. The molecule has 5 heteroatoms. The first kappa shape index (κ1) is 12.5. The van der Waals surface area contributed by atoms with Crippen molar-refractivity contribution >= 4 is 56.2 Å². The quantitative estimate of drug-likeness (QED) is 0.666. The summed E-state index contributed by atoms with van der Waals surface area (Å²) in [6.07, 6.45) is 5.55. The number of hydrogen-bond donors (Lipinski definition) is 1. The molecule has 0 bridgehead atoms. The van der Waals surface area contributed by atoms with Crippen molar-refractivity contribution in [3.05, 3.63) is 51.4 Å². The highest BCUT2D eigenvalue weighted by Gasteiger charge is 2.20. The predicted octanol–water partition coefficient (Wildman–Crippen LogP) is 3.49. The van der Waals surface area contributed by atoms with E-state index in [0.29, 0.717) is 9.23 Å². The maximum absolute atomic E-state index is 11.3. The number of hydrogen-bond acceptors (Lipinski definition) is 3. The number of rotatable bonds is 2. The molecule has 0 atom stereocenters. The highest BCUT2D eigenvalue weighted by atomic mass is 79.9. The summed E-state index contributed by atoms with van der Waals surface area (Å²) in [6.45, 7) is 0. The summed E-state index contributed by atoms with van der Waals surface area (Å²) in [4.78, 5) is 12.0. The van der Waals surface area contributed by atoms with E-state index >= 15 is 0 Å². The highest BCUT2D eigenvalue weighted by molar-refractivity contribution is 9.10. The zero-order chi connectivity index (χ0) is 12.3. The van der Waals surface area contributed by atoms with Gasteiger partial charge in [0.25, 0.3) is 5.91 Å². The summed E-state index contributed by atoms with van der Waals surface area (Å²) >= 11 is 9.55. The first-order valence-corrected chi connectivity index (χ1v) is 6.84. The Balaban J connectivity index is 2.07. The van der Waals surface area contributed by atoms with Gasteiger partial charge in [0.05, 0.1) is 4.91 Å². The van der Waals surface area contributed by atoms with Gasteiger partial charge >= 0.3 is 0 Å². The van der Waals surface area contributed by atoms with Gasteiger partial charge in [0.1, 0.15) is 4.32 Å². The summed E-state index contributed by atoms with van der Waals surface area (Å²) in [5.74, 6) is -0.125. The number of halogens is 1. The van der Waals surface area contributed by atoms with Crippen LogP contribution in [-0.4, -0.2) is 10.2 Å². The Morgan fingerprint density at radius 2 is 2.00 bits per heavy atom. The van der Waals surface area contributed by atoms with E-state index in [1.807, 2.05) is 36.4 Å². The molecule has 1 heterocycles. The second kappa shape index (κ2) is 5.62. The second-order valence-corrected chi connectivity index (χ2v) is 5.92. The van der Waals surface area contributed by atoms with Gasteiger partial charge in [-0.15, -0.1) is 0 Å². The van der Waals surface area contributed by atoms with Gasteiger partial charge in [0, 0.05) is 4.47 Å². The molecule has 17 heavy (non-hydrogen) atoms. The third-order valence-corrected chi connectivity index (χ3v) is 3.76. The van der Waals surface area contributed by atoms with Crippen LogP contribution in [0.3, 0.4) is 0 Å². The topological polar surface area (TPSA) is 29.1 Å². The molecule has 1 aromatic carbocycles. The average molecular weight is 326 g/mol. The second-order valence-electron chi connectivity index (χ2n) is 3.29. The summed E-state index contributed by atoms with van der Waals surface area (Å²) in [5.41, 5.74) is 1.08. The van der Waals surface area contributed by atoms with Gasteiger partial charge in [-0.1, -0.05) is 64.2 Å². The van der Waals surface area contributed by atoms with Gasteiger partial charge in [-0.2, -0.15) is 0 Å². The van der Waals surface area contributed by atoms with E-state index in [4.69, 9.17) is 12.2 Å². The number of nitrogens with one attached hydrogen (secondary N) is 1. The number of thioether (sulfide) groups is 1. The monoisotopic (exact) mass is 325 g/mol. The minimum Gasteiger partial charge on any atom is -0.307 e. The van der Waals surface area contributed by atoms with Crippen LogP contribution in [0, 0.1) is 0 Å². The molecule has 1 saturated heterocycles. The fourth-order valence-corrected chi connectivity index (χ4v) is 2.52. The molecule has 0 spiro atoms. The van der Waals surface area contributed by atoms with Gasteiger partial charge in [-0.05, 0) is 23.8 Å². The van der Waals surface area contributed by atoms with Crippen LogP contribution in [-0.2, 0) is 4.79 Å². The van der Waals surface area contributed by atoms with E-state index in [-0.39, 0.29) is 5.91 Å². The van der Waals surface area contributed by atoms with Crippen molar-refractivity contribution in [2.24, 2.45) is 0 Å². The molecule has 1 N–H and O–H groups in total. The van der Waals surface area contributed by atoms with Crippen LogP contribution in [0.5, 0.6) is 0 Å². The van der Waals surface area contributed by atoms with Gasteiger partial charge in [-0.25, -0.2) is 0 Å². The number of benzene rings is 1. The molecule has 0 aliphatic carbocycles. The third-order valence-electron chi connectivity index (χ3n) is 2.05. The number of thiocarbonyl (C=S) groups is 1. The summed E-state index contributed by atoms with van der Waals surface area (Å²) < 4.78 is 1.56. The zero-order valence-corrected chi connectivity index (χ0v) is 11.9. The van der Waals surface area contributed by atoms with Gasteiger partial charge in [-0.3, -0.25) is 4.79 Å². The van der Waals surface area contributed by atoms with Crippen LogP contribution < -0.4 is 5.32 Å². The van der Waals surface area contributed by atoms with Gasteiger partial charge < -0.3 is 5.32 Å². The summed E-state index contributed by atoms with van der Waals surface area (Å²) in [5, 5.41) is 2.57. The maximum atomic E-state index is 11.3. The maximum Gasteiger partial charge on any atom is 0.263 e. The number of carbonyl (C=O) groups excluding carboxylic acids is 1. The smallest absolute Gasteiger partial charge is 0.263 e. The number of amides is 1. The van der Waals surface area contributed by atoms with E-state index in [9.17, 15) is 4.79 Å². The lowest BCUT2D eigenvalue weighted by Gasteiger charge is -1.92. The van der Waals surface area contributed by atoms with E-state index in [2.05, 4.69) is 21.2 Å². The Kier molecular flexibility index (Phi) is 4.15. The highest BCUT2D eigenvalue weighted by Crippen LogP contribution is 2.23. The predicted molar refractivity (Wildman–Crippen MR) is 79.6 cm³/mol. The van der Waals surface area contributed by atoms with Crippen molar-refractivity contribution in [3.63, 3.8) is 0 Å². The molecule has 1 aromatic rings. The van der Waals surface area contributed by atoms with Crippen LogP contribution in [0.4, 0.5) is 0 Å². The van der Waals surface area contributed by atoms with Crippen molar-refractivity contribution in [2.75, 3.05) is 0 Å². The lowest BCUT2D eigenvalue weighted by atomic mass is 10.2.